The highest BCUT2D eigenvalue weighted by Gasteiger charge is 2.09. The van der Waals surface area contributed by atoms with Gasteiger partial charge in [-0.15, -0.1) is 0 Å². The van der Waals surface area contributed by atoms with Crippen LogP contribution in [0.5, 0.6) is 0 Å². The van der Waals surface area contributed by atoms with E-state index in [1.54, 1.807) is 0 Å². The Labute approximate surface area is 54.4 Å². The molecule has 1 fully saturated rings. The summed E-state index contributed by atoms with van der Waals surface area (Å²) in [6, 6.07) is 0. The Morgan fingerprint density at radius 2 is 2.44 bits per heavy atom. The van der Waals surface area contributed by atoms with Gasteiger partial charge in [0.15, 0.2) is 0 Å². The average Bonchev–Trinajstić information content (AvgIpc) is 2.13. The summed E-state index contributed by atoms with van der Waals surface area (Å²) in [5, 5.41) is 3.13. The van der Waals surface area contributed by atoms with Gasteiger partial charge in [0, 0.05) is 6.54 Å². The fourth-order valence-electron chi connectivity index (χ4n) is 0.842. The molecule has 0 amide bonds. The van der Waals surface area contributed by atoms with Crippen molar-refractivity contribution in [2.24, 2.45) is 0 Å². The van der Waals surface area contributed by atoms with Gasteiger partial charge in [0.2, 0.25) is 0 Å². The summed E-state index contributed by atoms with van der Waals surface area (Å²) in [7, 11) is 0. The predicted molar refractivity (Wildman–Crippen MR) is 33.3 cm³/mol. The standard InChI is InChI=1S/C6H11NO2/c8-5-6-1-2-7-3-4-9-6/h5-7H,1-4H2/t6-/m1/s1. The van der Waals surface area contributed by atoms with Crippen LogP contribution in [0.15, 0.2) is 0 Å². The Morgan fingerprint density at radius 1 is 1.56 bits per heavy atom. The van der Waals surface area contributed by atoms with Crippen LogP contribution < -0.4 is 5.32 Å². The number of carbonyl (C=O) groups is 1. The van der Waals surface area contributed by atoms with Crippen molar-refractivity contribution in [1.29, 1.82) is 0 Å². The van der Waals surface area contributed by atoms with Gasteiger partial charge in [-0.1, -0.05) is 0 Å². The van der Waals surface area contributed by atoms with Crippen LogP contribution in [-0.4, -0.2) is 32.1 Å². The van der Waals surface area contributed by atoms with Crippen LogP contribution in [0.25, 0.3) is 0 Å². The van der Waals surface area contributed by atoms with Gasteiger partial charge in [-0.3, -0.25) is 0 Å². The molecule has 1 N–H and O–H groups in total. The molecule has 1 aliphatic heterocycles. The van der Waals surface area contributed by atoms with Gasteiger partial charge in [-0.05, 0) is 13.0 Å². The molecule has 1 aliphatic rings. The summed E-state index contributed by atoms with van der Waals surface area (Å²) >= 11 is 0. The van der Waals surface area contributed by atoms with E-state index in [0.717, 1.165) is 25.8 Å². The van der Waals surface area contributed by atoms with E-state index in [1.807, 2.05) is 0 Å². The summed E-state index contributed by atoms with van der Waals surface area (Å²) in [5.41, 5.74) is 0. The molecule has 1 atom stereocenters. The summed E-state index contributed by atoms with van der Waals surface area (Å²) in [5.74, 6) is 0. The van der Waals surface area contributed by atoms with Crippen molar-refractivity contribution >= 4 is 6.29 Å². The van der Waals surface area contributed by atoms with Crippen LogP contribution in [0.1, 0.15) is 6.42 Å². The lowest BCUT2D eigenvalue weighted by molar-refractivity contribution is -0.117. The minimum absolute atomic E-state index is 0.167. The van der Waals surface area contributed by atoms with E-state index >= 15 is 0 Å². The highest BCUT2D eigenvalue weighted by Crippen LogP contribution is 1.96. The Morgan fingerprint density at radius 3 is 3.22 bits per heavy atom. The Balaban J connectivity index is 2.26. The molecule has 0 aliphatic carbocycles. The molecule has 1 heterocycles. The molecule has 0 aromatic carbocycles. The number of rotatable bonds is 1. The topological polar surface area (TPSA) is 38.3 Å². The molecular formula is C6H11NO2. The second-order valence-corrected chi connectivity index (χ2v) is 2.08. The molecule has 0 spiro atoms. The first-order chi connectivity index (χ1) is 4.43. The summed E-state index contributed by atoms with van der Waals surface area (Å²) in [6.45, 7) is 2.41. The summed E-state index contributed by atoms with van der Waals surface area (Å²) < 4.78 is 5.12. The molecule has 1 rings (SSSR count). The minimum Gasteiger partial charge on any atom is -0.369 e. The highest BCUT2D eigenvalue weighted by molar-refractivity contribution is 5.55. The molecule has 0 aromatic rings. The van der Waals surface area contributed by atoms with E-state index in [9.17, 15) is 4.79 Å². The monoisotopic (exact) mass is 129 g/mol. The first-order valence-electron chi connectivity index (χ1n) is 3.21. The molecule has 0 bridgehead atoms. The lowest BCUT2D eigenvalue weighted by Gasteiger charge is -2.03. The van der Waals surface area contributed by atoms with Crippen molar-refractivity contribution in [3.63, 3.8) is 0 Å². The molecule has 52 valence electrons. The van der Waals surface area contributed by atoms with Crippen molar-refractivity contribution < 1.29 is 9.53 Å². The lowest BCUT2D eigenvalue weighted by Crippen LogP contribution is -2.16. The minimum atomic E-state index is -0.167. The molecule has 9 heavy (non-hydrogen) atoms. The maximum absolute atomic E-state index is 10.2. The zero-order chi connectivity index (χ0) is 6.53. The fourth-order valence-corrected chi connectivity index (χ4v) is 0.842. The third-order valence-corrected chi connectivity index (χ3v) is 1.37. The van der Waals surface area contributed by atoms with Crippen LogP contribution in [-0.2, 0) is 9.53 Å². The zero-order valence-electron chi connectivity index (χ0n) is 5.30. The number of hydrogen-bond donors (Lipinski definition) is 1. The Hall–Kier alpha value is -0.410. The van der Waals surface area contributed by atoms with Crippen LogP contribution >= 0.6 is 0 Å². The average molecular weight is 129 g/mol. The summed E-state index contributed by atoms with van der Waals surface area (Å²) in [4.78, 5) is 10.2. The second-order valence-electron chi connectivity index (χ2n) is 2.08. The number of carbonyl (C=O) groups excluding carboxylic acids is 1. The third-order valence-electron chi connectivity index (χ3n) is 1.37. The Kier molecular flexibility index (Phi) is 2.67. The fraction of sp³-hybridized carbons (Fsp3) is 0.833. The first-order valence-corrected chi connectivity index (χ1v) is 3.21. The molecule has 3 heteroatoms. The van der Waals surface area contributed by atoms with Crippen molar-refractivity contribution in [2.45, 2.75) is 12.5 Å². The number of aldehydes is 1. The molecule has 0 aromatic heterocycles. The van der Waals surface area contributed by atoms with E-state index < -0.39 is 0 Å². The molecule has 1 saturated heterocycles. The smallest absolute Gasteiger partial charge is 0.148 e. The van der Waals surface area contributed by atoms with Crippen molar-refractivity contribution in [1.82, 2.24) is 5.32 Å². The van der Waals surface area contributed by atoms with E-state index in [0.29, 0.717) is 6.61 Å². The second kappa shape index (κ2) is 3.58. The summed E-state index contributed by atoms with van der Waals surface area (Å²) in [6.07, 6.45) is 1.51. The first kappa shape index (κ1) is 6.71. The van der Waals surface area contributed by atoms with E-state index in [2.05, 4.69) is 5.32 Å². The van der Waals surface area contributed by atoms with Crippen LogP contribution in [0.3, 0.4) is 0 Å². The van der Waals surface area contributed by atoms with Crippen LogP contribution in [0.2, 0.25) is 0 Å². The van der Waals surface area contributed by atoms with Gasteiger partial charge in [-0.2, -0.15) is 0 Å². The van der Waals surface area contributed by atoms with Gasteiger partial charge >= 0.3 is 0 Å². The third kappa shape index (κ3) is 2.11. The number of ether oxygens (including phenoxy) is 1. The SMILES string of the molecule is O=C[C@H]1CCNCCO1. The van der Waals surface area contributed by atoms with Crippen molar-refractivity contribution in [3.05, 3.63) is 0 Å². The van der Waals surface area contributed by atoms with E-state index in [1.165, 1.54) is 0 Å². The van der Waals surface area contributed by atoms with E-state index in [-0.39, 0.29) is 6.10 Å². The van der Waals surface area contributed by atoms with Gasteiger partial charge in [-0.25, -0.2) is 0 Å². The van der Waals surface area contributed by atoms with Gasteiger partial charge < -0.3 is 14.8 Å². The van der Waals surface area contributed by atoms with Crippen LogP contribution in [0.4, 0.5) is 0 Å². The van der Waals surface area contributed by atoms with Gasteiger partial charge in [0.1, 0.15) is 12.4 Å². The molecule has 0 unspecified atom stereocenters. The number of nitrogens with one attached hydrogen (secondary N) is 1. The predicted octanol–water partition coefficient (Wildman–Crippen LogP) is -0.436. The molecule has 0 radical (unpaired) electrons. The highest BCUT2D eigenvalue weighted by atomic mass is 16.5. The van der Waals surface area contributed by atoms with Gasteiger partial charge in [0.05, 0.1) is 6.61 Å². The maximum atomic E-state index is 10.2. The van der Waals surface area contributed by atoms with Gasteiger partial charge in [0.25, 0.3) is 0 Å². The lowest BCUT2D eigenvalue weighted by atomic mass is 10.3. The Bertz CT molecular complexity index is 87.1. The number of hydrogen-bond acceptors (Lipinski definition) is 3. The van der Waals surface area contributed by atoms with Crippen molar-refractivity contribution in [3.8, 4) is 0 Å². The quantitative estimate of drug-likeness (QED) is 0.488. The molecule has 3 nitrogen and oxygen atoms in total. The largest absolute Gasteiger partial charge is 0.369 e. The molecular weight excluding hydrogens is 118 g/mol. The van der Waals surface area contributed by atoms with E-state index in [4.69, 9.17) is 4.74 Å². The normalized spacial score (nSPS) is 29.1. The van der Waals surface area contributed by atoms with Crippen LogP contribution in [0, 0.1) is 0 Å². The zero-order valence-corrected chi connectivity index (χ0v) is 5.30. The molecule has 0 saturated carbocycles. The van der Waals surface area contributed by atoms with Crippen molar-refractivity contribution in [2.75, 3.05) is 19.7 Å². The maximum Gasteiger partial charge on any atom is 0.148 e.